The molecule has 0 spiro atoms. The number of rotatable bonds is 3. The van der Waals surface area contributed by atoms with Gasteiger partial charge in [-0.05, 0) is 6.42 Å². The fourth-order valence-corrected chi connectivity index (χ4v) is 0.584. The van der Waals surface area contributed by atoms with Crippen molar-refractivity contribution in [2.24, 2.45) is 11.5 Å². The van der Waals surface area contributed by atoms with Gasteiger partial charge in [0, 0.05) is 0 Å². The molecule has 0 bridgehead atoms. The van der Waals surface area contributed by atoms with Gasteiger partial charge in [-0.15, -0.1) is 0 Å². The Morgan fingerprint density at radius 3 is 1.82 bits per heavy atom. The van der Waals surface area contributed by atoms with Gasteiger partial charge >= 0.3 is 12.1 Å². The van der Waals surface area contributed by atoms with Crippen LogP contribution in [-0.2, 0) is 0 Å². The molecule has 0 aromatic carbocycles. The van der Waals surface area contributed by atoms with Gasteiger partial charge in [0.15, 0.2) is 0 Å². The third-order valence-corrected chi connectivity index (χ3v) is 1.04. The van der Waals surface area contributed by atoms with Gasteiger partial charge in [-0.3, -0.25) is 0 Å². The first-order chi connectivity index (χ1) is 5.06. The van der Waals surface area contributed by atoms with E-state index in [1.807, 2.05) is 0 Å². The van der Waals surface area contributed by atoms with Gasteiger partial charge in [-0.25, -0.2) is 9.59 Å². The lowest BCUT2D eigenvalue weighted by Gasteiger charge is -2.14. The van der Waals surface area contributed by atoms with E-state index in [2.05, 4.69) is 10.6 Å². The first kappa shape index (κ1) is 9.54. The van der Waals surface area contributed by atoms with E-state index in [0.29, 0.717) is 6.42 Å². The van der Waals surface area contributed by atoms with Crippen molar-refractivity contribution in [1.82, 2.24) is 10.6 Å². The number of nitrogens with two attached hydrogens (primary N) is 2. The van der Waals surface area contributed by atoms with E-state index < -0.39 is 18.2 Å². The molecule has 0 fully saturated rings. The normalized spacial score (nSPS) is 9.27. The molecule has 0 saturated heterocycles. The lowest BCUT2D eigenvalue weighted by molar-refractivity contribution is 0.234. The van der Waals surface area contributed by atoms with Crippen LogP contribution in [0, 0.1) is 0 Å². The molecule has 6 heteroatoms. The second kappa shape index (κ2) is 4.37. The van der Waals surface area contributed by atoms with Gasteiger partial charge in [0.2, 0.25) is 0 Å². The Hall–Kier alpha value is -1.46. The molecule has 0 heterocycles. The van der Waals surface area contributed by atoms with Crippen LogP contribution in [0.2, 0.25) is 0 Å². The first-order valence-corrected chi connectivity index (χ1v) is 3.18. The van der Waals surface area contributed by atoms with E-state index >= 15 is 0 Å². The van der Waals surface area contributed by atoms with Crippen LogP contribution >= 0.6 is 0 Å². The lowest BCUT2D eigenvalue weighted by Crippen LogP contribution is -2.50. The number of urea groups is 2. The van der Waals surface area contributed by atoms with E-state index in [-0.39, 0.29) is 0 Å². The van der Waals surface area contributed by atoms with Gasteiger partial charge in [-0.2, -0.15) is 0 Å². The average molecular weight is 160 g/mol. The molecular formula is C5H12N4O2. The molecule has 0 atom stereocenters. The molecule has 64 valence electrons. The number of primary amides is 2. The maximum absolute atomic E-state index is 10.3. The Morgan fingerprint density at radius 1 is 1.27 bits per heavy atom. The smallest absolute Gasteiger partial charge is 0.313 e. The predicted molar refractivity (Wildman–Crippen MR) is 39.5 cm³/mol. The minimum absolute atomic E-state index is 0.481. The molecule has 0 saturated carbocycles. The first-order valence-electron chi connectivity index (χ1n) is 3.18. The fraction of sp³-hybridized carbons (Fsp3) is 0.600. The predicted octanol–water partition coefficient (Wildman–Crippen LogP) is -0.941. The zero-order valence-corrected chi connectivity index (χ0v) is 6.26. The van der Waals surface area contributed by atoms with E-state index in [9.17, 15) is 9.59 Å². The molecule has 0 aliphatic carbocycles. The van der Waals surface area contributed by atoms with Crippen LogP contribution in [0.5, 0.6) is 0 Å². The van der Waals surface area contributed by atoms with Crippen LogP contribution in [0.15, 0.2) is 0 Å². The van der Waals surface area contributed by atoms with Crippen molar-refractivity contribution in [1.29, 1.82) is 0 Å². The van der Waals surface area contributed by atoms with Crippen LogP contribution in [0.4, 0.5) is 9.59 Å². The van der Waals surface area contributed by atoms with Crippen LogP contribution < -0.4 is 22.1 Å². The zero-order chi connectivity index (χ0) is 8.85. The third kappa shape index (κ3) is 5.01. The van der Waals surface area contributed by atoms with Gasteiger partial charge in [0.05, 0.1) is 0 Å². The third-order valence-electron chi connectivity index (χ3n) is 1.04. The summed E-state index contributed by atoms with van der Waals surface area (Å²) in [6.45, 7) is 1.77. The fourth-order valence-electron chi connectivity index (χ4n) is 0.584. The summed E-state index contributed by atoms with van der Waals surface area (Å²) in [5.41, 5.74) is 9.60. The standard InChI is InChI=1S/C5H12N4O2/c1-2-3(8-4(6)10)9-5(7)11/h3H,2H2,1H3,(H3,6,8,10)(H3,7,9,11). The van der Waals surface area contributed by atoms with Crippen LogP contribution in [0.25, 0.3) is 0 Å². The number of carbonyl (C=O) groups excluding carboxylic acids is 2. The summed E-state index contributed by atoms with van der Waals surface area (Å²) in [6.07, 6.45) is 0.0521. The Balaban J connectivity index is 3.76. The molecule has 0 aromatic rings. The molecule has 0 aliphatic rings. The van der Waals surface area contributed by atoms with Crippen molar-refractivity contribution in [3.05, 3.63) is 0 Å². The van der Waals surface area contributed by atoms with Crippen molar-refractivity contribution in [3.8, 4) is 0 Å². The zero-order valence-electron chi connectivity index (χ0n) is 6.26. The summed E-state index contributed by atoms with van der Waals surface area (Å²) >= 11 is 0. The number of carbonyl (C=O) groups is 2. The highest BCUT2D eigenvalue weighted by atomic mass is 16.2. The summed E-state index contributed by atoms with van der Waals surface area (Å²) in [7, 11) is 0. The largest absolute Gasteiger partial charge is 0.352 e. The Kier molecular flexibility index (Phi) is 3.79. The van der Waals surface area contributed by atoms with Crippen molar-refractivity contribution >= 4 is 12.1 Å². The minimum Gasteiger partial charge on any atom is -0.352 e. The van der Waals surface area contributed by atoms with Crippen LogP contribution in [0.1, 0.15) is 13.3 Å². The highest BCUT2D eigenvalue weighted by Gasteiger charge is 2.07. The number of hydrogen-bond acceptors (Lipinski definition) is 2. The van der Waals surface area contributed by atoms with Gasteiger partial charge in [0.1, 0.15) is 6.17 Å². The highest BCUT2D eigenvalue weighted by Crippen LogP contribution is 1.83. The monoisotopic (exact) mass is 160 g/mol. The lowest BCUT2D eigenvalue weighted by atomic mass is 10.4. The summed E-state index contributed by atoms with van der Waals surface area (Å²) in [4.78, 5) is 20.5. The van der Waals surface area contributed by atoms with Gasteiger partial charge < -0.3 is 22.1 Å². The number of amides is 4. The quantitative estimate of drug-likeness (QED) is 0.399. The highest BCUT2D eigenvalue weighted by molar-refractivity contribution is 5.75. The molecule has 0 aromatic heterocycles. The van der Waals surface area contributed by atoms with Crippen LogP contribution in [0.3, 0.4) is 0 Å². The van der Waals surface area contributed by atoms with E-state index in [0.717, 1.165) is 0 Å². The SMILES string of the molecule is CCC(NC(N)=O)NC(N)=O. The summed E-state index contributed by atoms with van der Waals surface area (Å²) in [5.74, 6) is 0. The molecule has 6 N–H and O–H groups in total. The molecule has 6 nitrogen and oxygen atoms in total. The Bertz CT molecular complexity index is 143. The van der Waals surface area contributed by atoms with Crippen LogP contribution in [-0.4, -0.2) is 18.2 Å². The average Bonchev–Trinajstić information content (AvgIpc) is 1.84. The molecule has 4 amide bonds. The Labute approximate surface area is 64.3 Å². The molecule has 0 aliphatic heterocycles. The van der Waals surface area contributed by atoms with Gasteiger partial charge in [0.25, 0.3) is 0 Å². The maximum Gasteiger partial charge on any atom is 0.313 e. The second-order valence-corrected chi connectivity index (χ2v) is 1.98. The van der Waals surface area contributed by atoms with Crippen molar-refractivity contribution < 1.29 is 9.59 Å². The summed E-state index contributed by atoms with van der Waals surface area (Å²) < 4.78 is 0. The topological polar surface area (TPSA) is 110 Å². The summed E-state index contributed by atoms with van der Waals surface area (Å²) in [5, 5.41) is 4.58. The minimum atomic E-state index is -0.689. The molecule has 0 radical (unpaired) electrons. The van der Waals surface area contributed by atoms with E-state index in [1.165, 1.54) is 0 Å². The van der Waals surface area contributed by atoms with Crippen molar-refractivity contribution in [2.75, 3.05) is 0 Å². The molecule has 0 unspecified atom stereocenters. The Morgan fingerprint density at radius 2 is 1.64 bits per heavy atom. The van der Waals surface area contributed by atoms with Crippen molar-refractivity contribution in [3.63, 3.8) is 0 Å². The number of nitrogens with one attached hydrogen (secondary N) is 2. The number of hydrogen-bond donors (Lipinski definition) is 4. The molecular weight excluding hydrogens is 148 g/mol. The van der Waals surface area contributed by atoms with Crippen molar-refractivity contribution in [2.45, 2.75) is 19.5 Å². The molecule has 11 heavy (non-hydrogen) atoms. The van der Waals surface area contributed by atoms with E-state index in [4.69, 9.17) is 11.5 Å². The maximum atomic E-state index is 10.3. The van der Waals surface area contributed by atoms with Gasteiger partial charge in [-0.1, -0.05) is 6.92 Å². The molecule has 0 rings (SSSR count). The summed E-state index contributed by atoms with van der Waals surface area (Å²) in [6, 6.07) is -1.38. The van der Waals surface area contributed by atoms with E-state index in [1.54, 1.807) is 6.92 Å². The second-order valence-electron chi connectivity index (χ2n) is 1.98.